The third-order valence-corrected chi connectivity index (χ3v) is 9.09. The van der Waals surface area contributed by atoms with Gasteiger partial charge in [0.1, 0.15) is 12.6 Å². The van der Waals surface area contributed by atoms with E-state index < -0.39 is 56.9 Å². The summed E-state index contributed by atoms with van der Waals surface area (Å²) < 4.78 is 70.0. The van der Waals surface area contributed by atoms with E-state index in [0.717, 1.165) is 23.3 Å². The number of hydrogen-bond donors (Lipinski definition) is 1. The van der Waals surface area contributed by atoms with Crippen LogP contribution in [0.4, 0.5) is 18.9 Å². The van der Waals surface area contributed by atoms with E-state index in [1.165, 1.54) is 17.0 Å². The SMILES string of the molecule is CCC(C(=O)NCC(C)C)N(Cc1ccc(C)cc1)C(=O)CN(c1ccc(Cl)c(C(F)(F)F)c1)S(=O)(=O)c1ccc(C)cc1. The van der Waals surface area contributed by atoms with Crippen LogP contribution in [0.3, 0.4) is 0 Å². The molecule has 7 nitrogen and oxygen atoms in total. The molecular weight excluding hydrogens is 615 g/mol. The summed E-state index contributed by atoms with van der Waals surface area (Å²) >= 11 is 5.83. The molecule has 3 rings (SSSR count). The number of hydrogen-bond acceptors (Lipinski definition) is 4. The fourth-order valence-corrected chi connectivity index (χ4v) is 6.11. The summed E-state index contributed by atoms with van der Waals surface area (Å²) in [5.74, 6) is -1.04. The first-order valence-corrected chi connectivity index (χ1v) is 15.9. The highest BCUT2D eigenvalue weighted by Crippen LogP contribution is 2.38. The molecule has 0 fully saturated rings. The fraction of sp³-hybridized carbons (Fsp3) is 0.375. The molecule has 3 aromatic carbocycles. The van der Waals surface area contributed by atoms with E-state index >= 15 is 0 Å². The van der Waals surface area contributed by atoms with Crippen LogP contribution in [0.1, 0.15) is 49.4 Å². The molecular formula is C32H37ClF3N3O4S. The number of nitrogens with zero attached hydrogens (tertiary/aromatic N) is 2. The van der Waals surface area contributed by atoms with E-state index in [4.69, 9.17) is 11.6 Å². The Morgan fingerprint density at radius 1 is 0.932 bits per heavy atom. The lowest BCUT2D eigenvalue weighted by Crippen LogP contribution is -2.52. The number of amides is 2. The van der Waals surface area contributed by atoms with Crippen molar-refractivity contribution < 1.29 is 31.2 Å². The van der Waals surface area contributed by atoms with Crippen LogP contribution >= 0.6 is 11.6 Å². The maximum Gasteiger partial charge on any atom is 0.417 e. The first kappa shape index (κ1) is 34.9. The van der Waals surface area contributed by atoms with Crippen molar-refractivity contribution in [1.82, 2.24) is 10.2 Å². The van der Waals surface area contributed by atoms with E-state index in [1.807, 2.05) is 32.9 Å². The summed E-state index contributed by atoms with van der Waals surface area (Å²) in [6.45, 7) is 8.69. The monoisotopic (exact) mass is 651 g/mol. The Morgan fingerprint density at radius 2 is 1.50 bits per heavy atom. The van der Waals surface area contributed by atoms with E-state index in [1.54, 1.807) is 38.1 Å². The van der Waals surface area contributed by atoms with Gasteiger partial charge in [-0.05, 0) is 62.1 Å². The number of aryl methyl sites for hydroxylation is 2. The molecule has 0 heterocycles. The number of benzene rings is 3. The molecule has 12 heteroatoms. The minimum absolute atomic E-state index is 0.0282. The zero-order chi connectivity index (χ0) is 32.8. The maximum absolute atomic E-state index is 14.1. The van der Waals surface area contributed by atoms with Crippen molar-refractivity contribution in [1.29, 1.82) is 0 Å². The zero-order valence-electron chi connectivity index (χ0n) is 25.3. The molecule has 1 unspecified atom stereocenters. The smallest absolute Gasteiger partial charge is 0.354 e. The minimum Gasteiger partial charge on any atom is -0.354 e. The molecule has 0 saturated heterocycles. The summed E-state index contributed by atoms with van der Waals surface area (Å²) in [6, 6.07) is 14.7. The van der Waals surface area contributed by atoms with Gasteiger partial charge in [-0.3, -0.25) is 13.9 Å². The summed E-state index contributed by atoms with van der Waals surface area (Å²) in [5, 5.41) is 2.22. The van der Waals surface area contributed by atoms with Gasteiger partial charge in [0, 0.05) is 13.1 Å². The molecule has 0 aliphatic heterocycles. The molecule has 238 valence electrons. The number of sulfonamides is 1. The molecule has 0 aromatic heterocycles. The number of anilines is 1. The highest BCUT2D eigenvalue weighted by Gasteiger charge is 2.37. The number of nitrogens with one attached hydrogen (secondary N) is 1. The van der Waals surface area contributed by atoms with Gasteiger partial charge in [-0.1, -0.05) is 79.9 Å². The van der Waals surface area contributed by atoms with Gasteiger partial charge in [0.2, 0.25) is 11.8 Å². The third-order valence-electron chi connectivity index (χ3n) is 6.98. The van der Waals surface area contributed by atoms with Crippen LogP contribution < -0.4 is 9.62 Å². The molecule has 0 bridgehead atoms. The lowest BCUT2D eigenvalue weighted by Gasteiger charge is -2.33. The first-order chi connectivity index (χ1) is 20.5. The fourth-order valence-electron chi connectivity index (χ4n) is 4.48. The van der Waals surface area contributed by atoms with Crippen molar-refractivity contribution in [2.24, 2.45) is 5.92 Å². The van der Waals surface area contributed by atoms with E-state index in [2.05, 4.69) is 5.32 Å². The van der Waals surface area contributed by atoms with E-state index in [0.29, 0.717) is 22.5 Å². The van der Waals surface area contributed by atoms with Gasteiger partial charge in [0.25, 0.3) is 10.0 Å². The predicted octanol–water partition coefficient (Wildman–Crippen LogP) is 6.75. The molecule has 0 radical (unpaired) electrons. The normalized spacial score (nSPS) is 12.6. The summed E-state index contributed by atoms with van der Waals surface area (Å²) in [6.07, 6.45) is -4.67. The minimum atomic E-state index is -4.88. The summed E-state index contributed by atoms with van der Waals surface area (Å²) in [5.41, 5.74) is 0.789. The van der Waals surface area contributed by atoms with Crippen molar-refractivity contribution in [2.45, 2.75) is 64.7 Å². The Bertz CT molecular complexity index is 1560. The quantitative estimate of drug-likeness (QED) is 0.235. The second kappa shape index (κ2) is 14.5. The van der Waals surface area contributed by atoms with Crippen LogP contribution in [0.2, 0.25) is 5.02 Å². The number of rotatable bonds is 12. The Hall–Kier alpha value is -3.57. The van der Waals surface area contributed by atoms with E-state index in [-0.39, 0.29) is 23.8 Å². The molecule has 0 spiro atoms. The van der Waals surface area contributed by atoms with Crippen LogP contribution in [0.5, 0.6) is 0 Å². The molecule has 0 aliphatic carbocycles. The van der Waals surface area contributed by atoms with Gasteiger partial charge in [-0.2, -0.15) is 13.2 Å². The topological polar surface area (TPSA) is 86.8 Å². The second-order valence-electron chi connectivity index (χ2n) is 11.1. The Labute approximate surface area is 262 Å². The van der Waals surface area contributed by atoms with Crippen molar-refractivity contribution in [3.8, 4) is 0 Å². The lowest BCUT2D eigenvalue weighted by atomic mass is 10.1. The standard InChI is InChI=1S/C32H37ClF3N3O4S/c1-6-29(31(41)37-18-21(2)3)38(19-24-11-7-22(4)8-12-24)30(40)20-39(44(42,43)26-14-9-23(5)10-15-26)25-13-16-28(33)27(17-25)32(34,35)36/h7-17,21,29H,6,18-20H2,1-5H3,(H,37,41). The zero-order valence-corrected chi connectivity index (χ0v) is 26.9. The molecule has 1 atom stereocenters. The Morgan fingerprint density at radius 3 is 2.02 bits per heavy atom. The van der Waals surface area contributed by atoms with Gasteiger partial charge < -0.3 is 10.2 Å². The van der Waals surface area contributed by atoms with Crippen LogP contribution in [-0.2, 0) is 32.3 Å². The third kappa shape index (κ3) is 8.75. The van der Waals surface area contributed by atoms with Crippen molar-refractivity contribution in [2.75, 3.05) is 17.4 Å². The van der Waals surface area contributed by atoms with Crippen molar-refractivity contribution in [3.63, 3.8) is 0 Å². The van der Waals surface area contributed by atoms with Crippen LogP contribution in [0.25, 0.3) is 0 Å². The Balaban J connectivity index is 2.13. The van der Waals surface area contributed by atoms with Crippen LogP contribution in [0, 0.1) is 19.8 Å². The predicted molar refractivity (Wildman–Crippen MR) is 166 cm³/mol. The summed E-state index contributed by atoms with van der Waals surface area (Å²) in [7, 11) is -4.55. The molecule has 44 heavy (non-hydrogen) atoms. The number of halogens is 4. The van der Waals surface area contributed by atoms with Crippen LogP contribution in [0.15, 0.2) is 71.6 Å². The highest BCUT2D eigenvalue weighted by atomic mass is 35.5. The van der Waals surface area contributed by atoms with Gasteiger partial charge in [-0.25, -0.2) is 8.42 Å². The molecule has 3 aromatic rings. The maximum atomic E-state index is 14.1. The van der Waals surface area contributed by atoms with Gasteiger partial charge >= 0.3 is 6.18 Å². The van der Waals surface area contributed by atoms with Crippen LogP contribution in [-0.4, -0.2) is 44.3 Å². The lowest BCUT2D eigenvalue weighted by molar-refractivity contribution is -0.140. The molecule has 0 aliphatic rings. The number of carbonyl (C=O) groups excluding carboxylic acids is 2. The Kier molecular flexibility index (Phi) is 11.5. The first-order valence-electron chi connectivity index (χ1n) is 14.1. The molecule has 0 saturated carbocycles. The van der Waals surface area contributed by atoms with Gasteiger partial charge in [0.15, 0.2) is 0 Å². The summed E-state index contributed by atoms with van der Waals surface area (Å²) in [4.78, 5) is 28.5. The van der Waals surface area contributed by atoms with E-state index in [9.17, 15) is 31.2 Å². The largest absolute Gasteiger partial charge is 0.417 e. The van der Waals surface area contributed by atoms with Gasteiger partial charge in [-0.15, -0.1) is 0 Å². The highest BCUT2D eigenvalue weighted by molar-refractivity contribution is 7.92. The van der Waals surface area contributed by atoms with Gasteiger partial charge in [0.05, 0.1) is 21.2 Å². The number of alkyl halides is 3. The molecule has 2 amide bonds. The van der Waals surface area contributed by atoms with Crippen molar-refractivity contribution in [3.05, 3.63) is 94.0 Å². The molecule has 1 N–H and O–H groups in total. The average molecular weight is 652 g/mol. The average Bonchev–Trinajstić information content (AvgIpc) is 2.95. The van der Waals surface area contributed by atoms with Crippen molar-refractivity contribution >= 4 is 39.1 Å². The second-order valence-corrected chi connectivity index (χ2v) is 13.3. The number of carbonyl (C=O) groups is 2.